The van der Waals surface area contributed by atoms with Crippen LogP contribution in [-0.2, 0) is 15.6 Å². The Labute approximate surface area is 198 Å². The molecule has 34 heavy (non-hydrogen) atoms. The third-order valence-electron chi connectivity index (χ3n) is 6.09. The van der Waals surface area contributed by atoms with Gasteiger partial charge in [0.15, 0.2) is 15.5 Å². The van der Waals surface area contributed by atoms with E-state index in [0.29, 0.717) is 29.6 Å². The van der Waals surface area contributed by atoms with E-state index in [0.717, 1.165) is 55.0 Å². The first-order valence-corrected chi connectivity index (χ1v) is 13.5. The largest absolute Gasteiger partial charge is 0.370 e. The van der Waals surface area contributed by atoms with Gasteiger partial charge in [0.05, 0.1) is 11.9 Å². The number of piperidine rings is 1. The van der Waals surface area contributed by atoms with Crippen molar-refractivity contribution >= 4 is 38.5 Å². The van der Waals surface area contributed by atoms with E-state index in [2.05, 4.69) is 31.7 Å². The molecule has 2 aliphatic rings. The summed E-state index contributed by atoms with van der Waals surface area (Å²) in [5, 5.41) is 20.5. The Morgan fingerprint density at radius 3 is 2.79 bits per heavy atom. The molecule has 0 radical (unpaired) electrons. The average Bonchev–Trinajstić information content (AvgIpc) is 3.49. The van der Waals surface area contributed by atoms with Gasteiger partial charge in [-0.15, -0.1) is 0 Å². The van der Waals surface area contributed by atoms with Gasteiger partial charge in [0.1, 0.15) is 23.3 Å². The maximum atomic E-state index is 12.2. The van der Waals surface area contributed by atoms with Gasteiger partial charge in [0.25, 0.3) is 0 Å². The molecule has 10 nitrogen and oxygen atoms in total. The summed E-state index contributed by atoms with van der Waals surface area (Å²) in [5.74, 6) is 1.24. The molecular weight excluding hydrogens is 452 g/mol. The van der Waals surface area contributed by atoms with E-state index in [9.17, 15) is 13.7 Å². The molecule has 1 aromatic carbocycles. The monoisotopic (exact) mass is 480 g/mol. The first kappa shape index (κ1) is 22.4. The Balaban J connectivity index is 1.50. The van der Waals surface area contributed by atoms with Gasteiger partial charge >= 0.3 is 0 Å². The van der Waals surface area contributed by atoms with Crippen LogP contribution in [0.2, 0.25) is 0 Å². The molecule has 2 aromatic heterocycles. The second-order valence-electron chi connectivity index (χ2n) is 9.24. The van der Waals surface area contributed by atoms with Crippen molar-refractivity contribution in [2.75, 3.05) is 34.9 Å². The minimum Gasteiger partial charge on any atom is -0.370 e. The third-order valence-corrected chi connectivity index (χ3v) is 6.93. The highest BCUT2D eigenvalue weighted by atomic mass is 32.2. The lowest BCUT2D eigenvalue weighted by Crippen LogP contribution is -2.43. The first-order chi connectivity index (χ1) is 16.3. The fraction of sp³-hybridized carbons (Fsp3) is 0.435. The summed E-state index contributed by atoms with van der Waals surface area (Å²) < 4.78 is 26.0. The molecule has 3 heterocycles. The smallest absolute Gasteiger partial charge is 0.177 e. The minimum atomic E-state index is -3.24. The highest BCUT2D eigenvalue weighted by Gasteiger charge is 2.24. The SMILES string of the molecule is CS(=O)(=O)Cc1cc(Nc2cc(NC3CC3)n3ncc(C#N)c3n2)ccc1N1CCCC(N)C1. The van der Waals surface area contributed by atoms with Crippen LogP contribution >= 0.6 is 0 Å². The molecule has 1 atom stereocenters. The molecule has 1 aliphatic carbocycles. The normalized spacial score (nSPS) is 18.6. The number of rotatable bonds is 7. The summed E-state index contributed by atoms with van der Waals surface area (Å²) in [6.07, 6.45) is 6.89. The molecule has 0 amide bonds. The maximum Gasteiger partial charge on any atom is 0.177 e. The van der Waals surface area contributed by atoms with E-state index in [4.69, 9.17) is 5.73 Å². The zero-order valence-electron chi connectivity index (χ0n) is 19.0. The molecule has 0 spiro atoms. The Morgan fingerprint density at radius 1 is 1.26 bits per heavy atom. The Morgan fingerprint density at radius 2 is 2.09 bits per heavy atom. The van der Waals surface area contributed by atoms with Crippen molar-refractivity contribution in [3.63, 3.8) is 0 Å². The summed E-state index contributed by atoms with van der Waals surface area (Å²) in [6.45, 7) is 1.56. The molecule has 4 N–H and O–H groups in total. The lowest BCUT2D eigenvalue weighted by molar-refractivity contribution is 0.505. The molecule has 5 rings (SSSR count). The van der Waals surface area contributed by atoms with Crippen LogP contribution in [0.4, 0.5) is 23.0 Å². The van der Waals surface area contributed by atoms with Crippen molar-refractivity contribution in [3.8, 4) is 6.07 Å². The topological polar surface area (TPSA) is 141 Å². The van der Waals surface area contributed by atoms with Crippen LogP contribution in [-0.4, -0.2) is 54.4 Å². The average molecular weight is 481 g/mol. The maximum absolute atomic E-state index is 12.2. The number of fused-ring (bicyclic) bond motifs is 1. The Hall–Kier alpha value is -3.36. The van der Waals surface area contributed by atoms with Gasteiger partial charge in [-0.05, 0) is 49.4 Å². The fourth-order valence-corrected chi connectivity index (χ4v) is 5.19. The van der Waals surface area contributed by atoms with Crippen molar-refractivity contribution in [1.29, 1.82) is 5.26 Å². The molecule has 2 fully saturated rings. The van der Waals surface area contributed by atoms with Gasteiger partial charge in [-0.1, -0.05) is 0 Å². The van der Waals surface area contributed by atoms with Gasteiger partial charge in [0, 0.05) is 48.9 Å². The quantitative estimate of drug-likeness (QED) is 0.465. The van der Waals surface area contributed by atoms with Crippen molar-refractivity contribution < 1.29 is 8.42 Å². The van der Waals surface area contributed by atoms with Crippen molar-refractivity contribution in [2.45, 2.75) is 43.5 Å². The summed E-state index contributed by atoms with van der Waals surface area (Å²) >= 11 is 0. The fourth-order valence-electron chi connectivity index (χ4n) is 4.39. The van der Waals surface area contributed by atoms with Crippen LogP contribution in [0.25, 0.3) is 5.65 Å². The standard InChI is InChI=1S/C23H28N8O2S/c1-34(32,33)14-15-9-19(6-7-20(15)30-8-2-3-17(25)13-30)27-21-10-22(28-18-4-5-18)31-23(29-21)16(11-24)12-26-31/h6-7,9-10,12,17-18,28H,2-5,8,13-14,25H2,1H3,(H,27,29). The van der Waals surface area contributed by atoms with Crippen LogP contribution in [0.5, 0.6) is 0 Å². The summed E-state index contributed by atoms with van der Waals surface area (Å²) in [6, 6.07) is 10.2. The zero-order chi connectivity index (χ0) is 23.9. The lowest BCUT2D eigenvalue weighted by Gasteiger charge is -2.34. The van der Waals surface area contributed by atoms with Crippen LogP contribution in [0.15, 0.2) is 30.5 Å². The number of sulfone groups is 1. The van der Waals surface area contributed by atoms with Crippen molar-refractivity contribution in [3.05, 3.63) is 41.6 Å². The molecule has 11 heteroatoms. The van der Waals surface area contributed by atoms with Gasteiger partial charge < -0.3 is 21.3 Å². The number of nitriles is 1. The van der Waals surface area contributed by atoms with Gasteiger partial charge in [-0.3, -0.25) is 0 Å². The zero-order valence-corrected chi connectivity index (χ0v) is 19.8. The van der Waals surface area contributed by atoms with Crippen LogP contribution in [0.1, 0.15) is 36.8 Å². The summed E-state index contributed by atoms with van der Waals surface area (Å²) in [5.41, 5.74) is 9.36. The predicted octanol–water partition coefficient (Wildman–Crippen LogP) is 2.39. The number of hydrogen-bond acceptors (Lipinski definition) is 9. The molecule has 3 aromatic rings. The molecule has 1 saturated carbocycles. The number of nitrogens with zero attached hydrogens (tertiary/aromatic N) is 5. The minimum absolute atomic E-state index is 0.0637. The molecule has 1 aliphatic heterocycles. The lowest BCUT2D eigenvalue weighted by atomic mass is 10.0. The summed E-state index contributed by atoms with van der Waals surface area (Å²) in [7, 11) is -3.24. The highest BCUT2D eigenvalue weighted by Crippen LogP contribution is 2.31. The van der Waals surface area contributed by atoms with E-state index < -0.39 is 9.84 Å². The molecule has 0 bridgehead atoms. The number of nitrogens with one attached hydrogen (secondary N) is 2. The van der Waals surface area contributed by atoms with Crippen LogP contribution in [0, 0.1) is 11.3 Å². The van der Waals surface area contributed by atoms with Crippen LogP contribution < -0.4 is 21.3 Å². The van der Waals surface area contributed by atoms with E-state index in [1.54, 1.807) is 4.52 Å². The van der Waals surface area contributed by atoms with E-state index >= 15 is 0 Å². The Bertz CT molecular complexity index is 1370. The van der Waals surface area contributed by atoms with Crippen molar-refractivity contribution in [2.24, 2.45) is 5.73 Å². The van der Waals surface area contributed by atoms with E-state index in [1.165, 1.54) is 12.5 Å². The number of anilines is 4. The van der Waals surface area contributed by atoms with E-state index in [1.807, 2.05) is 24.3 Å². The van der Waals surface area contributed by atoms with Crippen molar-refractivity contribution in [1.82, 2.24) is 14.6 Å². The van der Waals surface area contributed by atoms with E-state index in [-0.39, 0.29) is 11.8 Å². The second-order valence-corrected chi connectivity index (χ2v) is 11.4. The number of nitrogens with two attached hydrogens (primary N) is 1. The van der Waals surface area contributed by atoms with Gasteiger partial charge in [-0.2, -0.15) is 14.9 Å². The van der Waals surface area contributed by atoms with Gasteiger partial charge in [-0.25, -0.2) is 13.4 Å². The highest BCUT2D eigenvalue weighted by molar-refractivity contribution is 7.89. The number of aromatic nitrogens is 3. The number of hydrogen-bond donors (Lipinski definition) is 3. The Kier molecular flexibility index (Phi) is 5.79. The third kappa shape index (κ3) is 4.93. The molecule has 178 valence electrons. The second kappa shape index (κ2) is 8.77. The molecular formula is C23H28N8O2S. The predicted molar refractivity (Wildman–Crippen MR) is 132 cm³/mol. The van der Waals surface area contributed by atoms with Gasteiger partial charge in [0.2, 0.25) is 0 Å². The molecule has 1 unspecified atom stereocenters. The molecule has 1 saturated heterocycles. The number of benzene rings is 1. The first-order valence-electron chi connectivity index (χ1n) is 11.4. The van der Waals surface area contributed by atoms with Crippen LogP contribution in [0.3, 0.4) is 0 Å². The summed E-state index contributed by atoms with van der Waals surface area (Å²) in [4.78, 5) is 6.77.